The molecule has 1 unspecified atom stereocenters. The molecule has 24 heavy (non-hydrogen) atoms. The minimum Gasteiger partial charge on any atom is -0.341 e. The first-order valence-corrected chi connectivity index (χ1v) is 7.93. The van der Waals surface area contributed by atoms with Gasteiger partial charge in [-0.1, -0.05) is 29.8 Å². The Morgan fingerprint density at radius 3 is 2.79 bits per heavy atom. The van der Waals surface area contributed by atoms with Crippen molar-refractivity contribution in [2.45, 2.75) is 19.9 Å². The number of hydrogen-bond donors (Lipinski definition) is 1. The molecule has 1 N–H and O–H groups in total. The highest BCUT2D eigenvalue weighted by atomic mass is 35.5. The maximum Gasteiger partial charge on any atom is 0.246 e. The number of amides is 1. The highest BCUT2D eigenvalue weighted by Crippen LogP contribution is 2.16. The third-order valence-corrected chi connectivity index (χ3v) is 4.17. The molecule has 1 fully saturated rings. The second-order valence-corrected chi connectivity index (χ2v) is 6.06. The summed E-state index contributed by atoms with van der Waals surface area (Å²) in [5.41, 5.74) is 2.09. The summed E-state index contributed by atoms with van der Waals surface area (Å²) in [5.74, 6) is 1.14. The number of rotatable bonds is 5. The van der Waals surface area contributed by atoms with Crippen LogP contribution in [0.5, 0.6) is 0 Å². The van der Waals surface area contributed by atoms with E-state index in [0.29, 0.717) is 11.7 Å². The lowest BCUT2D eigenvalue weighted by atomic mass is 10.1. The SMILES string of the molecule is CNCC1CCN(C(=O)Cn2nnc(-c3ccc(C)cc3)n2)C1.Cl. The molecule has 2 heterocycles. The van der Waals surface area contributed by atoms with Crippen LogP contribution in [0, 0.1) is 12.8 Å². The van der Waals surface area contributed by atoms with Crippen molar-refractivity contribution in [3.8, 4) is 11.4 Å². The highest BCUT2D eigenvalue weighted by molar-refractivity contribution is 5.85. The van der Waals surface area contributed by atoms with Gasteiger partial charge in [0.1, 0.15) is 6.54 Å². The van der Waals surface area contributed by atoms with Crippen LogP contribution in [0.1, 0.15) is 12.0 Å². The van der Waals surface area contributed by atoms with E-state index in [0.717, 1.165) is 31.6 Å². The third-order valence-electron chi connectivity index (χ3n) is 4.17. The van der Waals surface area contributed by atoms with Crippen molar-refractivity contribution in [2.24, 2.45) is 5.92 Å². The number of aryl methyl sites for hydroxylation is 1. The molecule has 1 aliphatic rings. The second-order valence-electron chi connectivity index (χ2n) is 6.06. The Hall–Kier alpha value is -1.99. The minimum absolute atomic E-state index is 0. The zero-order valence-corrected chi connectivity index (χ0v) is 14.8. The Morgan fingerprint density at radius 2 is 2.08 bits per heavy atom. The summed E-state index contributed by atoms with van der Waals surface area (Å²) < 4.78 is 0. The molecule has 0 spiro atoms. The summed E-state index contributed by atoms with van der Waals surface area (Å²) in [6.45, 7) is 4.74. The van der Waals surface area contributed by atoms with E-state index in [1.54, 1.807) is 0 Å². The molecule has 3 rings (SSSR count). The van der Waals surface area contributed by atoms with Crippen LogP contribution < -0.4 is 5.32 Å². The van der Waals surface area contributed by atoms with Crippen molar-refractivity contribution in [2.75, 3.05) is 26.7 Å². The van der Waals surface area contributed by atoms with Gasteiger partial charge >= 0.3 is 0 Å². The standard InChI is InChI=1S/C16H22N6O.ClH/c1-12-3-5-14(6-4-12)16-18-20-22(19-16)11-15(23)21-8-7-13(10-21)9-17-2;/h3-6,13,17H,7-11H2,1-2H3;1H. The van der Waals surface area contributed by atoms with Gasteiger partial charge in [0.25, 0.3) is 0 Å². The van der Waals surface area contributed by atoms with Crippen LogP contribution in [-0.2, 0) is 11.3 Å². The van der Waals surface area contributed by atoms with E-state index in [4.69, 9.17) is 0 Å². The maximum absolute atomic E-state index is 12.3. The van der Waals surface area contributed by atoms with Crippen LogP contribution in [0.15, 0.2) is 24.3 Å². The number of benzene rings is 1. The topological polar surface area (TPSA) is 75.9 Å². The van der Waals surface area contributed by atoms with Gasteiger partial charge < -0.3 is 10.2 Å². The van der Waals surface area contributed by atoms with Gasteiger partial charge in [0, 0.05) is 18.7 Å². The Labute approximate surface area is 147 Å². The Balaban J connectivity index is 0.00000208. The Bertz CT molecular complexity index is 671. The molecule has 8 heteroatoms. The lowest BCUT2D eigenvalue weighted by Gasteiger charge is -2.15. The number of aromatic nitrogens is 4. The van der Waals surface area contributed by atoms with Gasteiger partial charge in [-0.2, -0.15) is 4.80 Å². The Morgan fingerprint density at radius 1 is 1.33 bits per heavy atom. The van der Waals surface area contributed by atoms with E-state index in [9.17, 15) is 4.79 Å². The average molecular weight is 351 g/mol. The zero-order chi connectivity index (χ0) is 16.2. The summed E-state index contributed by atoms with van der Waals surface area (Å²) in [7, 11) is 1.94. The molecule has 1 amide bonds. The lowest BCUT2D eigenvalue weighted by Crippen LogP contribution is -2.33. The molecular formula is C16H23ClN6O. The van der Waals surface area contributed by atoms with Crippen LogP contribution in [-0.4, -0.2) is 57.7 Å². The van der Waals surface area contributed by atoms with Crippen molar-refractivity contribution in [3.05, 3.63) is 29.8 Å². The second kappa shape index (κ2) is 8.21. The lowest BCUT2D eigenvalue weighted by molar-refractivity contribution is -0.131. The molecule has 130 valence electrons. The van der Waals surface area contributed by atoms with Crippen LogP contribution in [0.3, 0.4) is 0 Å². The molecule has 1 aromatic heterocycles. The highest BCUT2D eigenvalue weighted by Gasteiger charge is 2.26. The van der Waals surface area contributed by atoms with Gasteiger partial charge in [0.05, 0.1) is 0 Å². The van der Waals surface area contributed by atoms with E-state index in [1.807, 2.05) is 43.1 Å². The minimum atomic E-state index is 0. The molecule has 7 nitrogen and oxygen atoms in total. The van der Waals surface area contributed by atoms with E-state index in [2.05, 4.69) is 20.7 Å². The van der Waals surface area contributed by atoms with Gasteiger partial charge in [-0.05, 0) is 38.1 Å². The average Bonchev–Trinajstić information content (AvgIpc) is 3.18. The van der Waals surface area contributed by atoms with Gasteiger partial charge in [-0.15, -0.1) is 22.6 Å². The Kier molecular flexibility index (Phi) is 6.28. The molecule has 0 bridgehead atoms. The first kappa shape index (κ1) is 18.4. The largest absolute Gasteiger partial charge is 0.341 e. The van der Waals surface area contributed by atoms with E-state index < -0.39 is 0 Å². The molecule has 1 saturated heterocycles. The summed E-state index contributed by atoms with van der Waals surface area (Å²) in [4.78, 5) is 15.6. The van der Waals surface area contributed by atoms with Crippen molar-refractivity contribution in [3.63, 3.8) is 0 Å². The predicted octanol–water partition coefficient (Wildman–Crippen LogP) is 1.14. The first-order chi connectivity index (χ1) is 11.2. The van der Waals surface area contributed by atoms with Gasteiger partial charge in [0.15, 0.2) is 0 Å². The zero-order valence-electron chi connectivity index (χ0n) is 14.0. The normalized spacial score (nSPS) is 16.9. The quantitative estimate of drug-likeness (QED) is 0.875. The van der Waals surface area contributed by atoms with Crippen molar-refractivity contribution in [1.82, 2.24) is 30.4 Å². The van der Waals surface area contributed by atoms with Crippen LogP contribution in [0.4, 0.5) is 0 Å². The number of nitrogens with zero attached hydrogens (tertiary/aromatic N) is 5. The van der Waals surface area contributed by atoms with Crippen LogP contribution >= 0.6 is 12.4 Å². The van der Waals surface area contributed by atoms with E-state index >= 15 is 0 Å². The number of hydrogen-bond acceptors (Lipinski definition) is 5. The molecule has 0 radical (unpaired) electrons. The summed E-state index contributed by atoms with van der Waals surface area (Å²) in [6.07, 6.45) is 1.05. The molecule has 1 atom stereocenters. The summed E-state index contributed by atoms with van der Waals surface area (Å²) in [5, 5.41) is 15.5. The number of halogens is 1. The summed E-state index contributed by atoms with van der Waals surface area (Å²) >= 11 is 0. The first-order valence-electron chi connectivity index (χ1n) is 7.93. The monoisotopic (exact) mass is 350 g/mol. The number of nitrogens with one attached hydrogen (secondary N) is 1. The van der Waals surface area contributed by atoms with Gasteiger partial charge in [-0.3, -0.25) is 4.79 Å². The number of carbonyl (C=O) groups is 1. The smallest absolute Gasteiger partial charge is 0.246 e. The molecule has 1 aromatic carbocycles. The van der Waals surface area contributed by atoms with Crippen LogP contribution in [0.25, 0.3) is 11.4 Å². The van der Waals surface area contributed by atoms with Crippen molar-refractivity contribution in [1.29, 1.82) is 0 Å². The maximum atomic E-state index is 12.3. The van der Waals surface area contributed by atoms with Crippen LogP contribution in [0.2, 0.25) is 0 Å². The number of tetrazole rings is 1. The third kappa shape index (κ3) is 4.30. The molecule has 0 aliphatic carbocycles. The predicted molar refractivity (Wildman–Crippen MR) is 93.9 cm³/mol. The van der Waals surface area contributed by atoms with E-state index in [1.165, 1.54) is 10.4 Å². The van der Waals surface area contributed by atoms with Crippen molar-refractivity contribution >= 4 is 18.3 Å². The fourth-order valence-electron chi connectivity index (χ4n) is 2.86. The molecule has 0 saturated carbocycles. The number of carbonyl (C=O) groups excluding carboxylic acids is 1. The fourth-order valence-corrected chi connectivity index (χ4v) is 2.86. The fraction of sp³-hybridized carbons (Fsp3) is 0.500. The molecule has 1 aliphatic heterocycles. The van der Waals surface area contributed by atoms with Crippen molar-refractivity contribution < 1.29 is 4.79 Å². The van der Waals surface area contributed by atoms with E-state index in [-0.39, 0.29) is 24.9 Å². The summed E-state index contributed by atoms with van der Waals surface area (Å²) in [6, 6.07) is 7.93. The molecular weight excluding hydrogens is 328 g/mol. The molecule has 2 aromatic rings. The van der Waals surface area contributed by atoms with Gasteiger partial charge in [-0.25, -0.2) is 0 Å². The number of likely N-dealkylation sites (tertiary alicyclic amines) is 1. The van der Waals surface area contributed by atoms with Gasteiger partial charge in [0.2, 0.25) is 11.7 Å².